The number of nitrogens with zero attached hydrogens (tertiary/aromatic N) is 1. The molecule has 3 unspecified atom stereocenters. The molecule has 0 radical (unpaired) electrons. The van der Waals surface area contributed by atoms with Crippen molar-refractivity contribution in [2.24, 2.45) is 11.7 Å². The van der Waals surface area contributed by atoms with Crippen LogP contribution in [0.5, 0.6) is 0 Å². The van der Waals surface area contributed by atoms with Crippen LogP contribution in [-0.2, 0) is 4.79 Å². The van der Waals surface area contributed by atoms with Crippen molar-refractivity contribution in [1.82, 2.24) is 5.32 Å². The van der Waals surface area contributed by atoms with Gasteiger partial charge in [0.25, 0.3) is 0 Å². The van der Waals surface area contributed by atoms with Gasteiger partial charge in [-0.15, -0.1) is 0 Å². The summed E-state index contributed by atoms with van der Waals surface area (Å²) in [7, 11) is 0. The molecule has 0 spiro atoms. The van der Waals surface area contributed by atoms with E-state index in [1.807, 2.05) is 26.0 Å². The minimum absolute atomic E-state index is 0.0580. The van der Waals surface area contributed by atoms with Gasteiger partial charge in [-0.2, -0.15) is 0 Å². The van der Waals surface area contributed by atoms with Crippen molar-refractivity contribution in [2.75, 3.05) is 18.0 Å². The lowest BCUT2D eigenvalue weighted by Crippen LogP contribution is -2.44. The molecule has 1 aliphatic rings. The molecule has 1 amide bonds. The molecule has 110 valence electrons. The summed E-state index contributed by atoms with van der Waals surface area (Å²) < 4.78 is 1.08. The van der Waals surface area contributed by atoms with Gasteiger partial charge in [0.15, 0.2) is 0 Å². The van der Waals surface area contributed by atoms with Gasteiger partial charge in [-0.05, 0) is 37.6 Å². The van der Waals surface area contributed by atoms with Crippen LogP contribution in [0, 0.1) is 5.92 Å². The van der Waals surface area contributed by atoms with Gasteiger partial charge in [-0.1, -0.05) is 22.9 Å². The van der Waals surface area contributed by atoms with E-state index in [0.717, 1.165) is 24.0 Å². The second-order valence-corrected chi connectivity index (χ2v) is 6.48. The average molecular weight is 340 g/mol. The van der Waals surface area contributed by atoms with Crippen LogP contribution >= 0.6 is 15.9 Å². The number of halogens is 1. The maximum absolute atomic E-state index is 12.0. The van der Waals surface area contributed by atoms with Crippen LogP contribution < -0.4 is 16.0 Å². The van der Waals surface area contributed by atoms with Crippen molar-refractivity contribution in [3.05, 3.63) is 28.7 Å². The first-order chi connectivity index (χ1) is 9.47. The lowest BCUT2D eigenvalue weighted by Gasteiger charge is -2.21. The van der Waals surface area contributed by atoms with Gasteiger partial charge >= 0.3 is 0 Å². The quantitative estimate of drug-likeness (QED) is 0.883. The number of carbonyl (C=O) groups is 1. The lowest BCUT2D eigenvalue weighted by molar-refractivity contribution is -0.125. The molecule has 4 nitrogen and oxygen atoms in total. The zero-order valence-corrected chi connectivity index (χ0v) is 13.6. The number of nitrogens with one attached hydrogen (secondary N) is 1. The Labute approximate surface area is 128 Å². The highest BCUT2D eigenvalue weighted by Crippen LogP contribution is 2.22. The fraction of sp³-hybridized carbons (Fsp3) is 0.533. The van der Waals surface area contributed by atoms with Crippen LogP contribution in [0.2, 0.25) is 0 Å². The summed E-state index contributed by atoms with van der Waals surface area (Å²) in [5.74, 6) is -0.0839. The molecule has 0 bridgehead atoms. The molecular formula is C15H22BrN3O. The van der Waals surface area contributed by atoms with Gasteiger partial charge in [0, 0.05) is 41.3 Å². The maximum atomic E-state index is 12.0. The van der Waals surface area contributed by atoms with E-state index in [4.69, 9.17) is 5.73 Å². The molecule has 0 aliphatic carbocycles. The van der Waals surface area contributed by atoms with Gasteiger partial charge in [-0.25, -0.2) is 0 Å². The first kappa shape index (κ1) is 15.3. The molecule has 2 rings (SSSR count). The van der Waals surface area contributed by atoms with Crippen molar-refractivity contribution in [3.63, 3.8) is 0 Å². The van der Waals surface area contributed by atoms with Crippen LogP contribution in [0.1, 0.15) is 20.3 Å². The normalized spacial score (nSPS) is 21.6. The highest BCUT2D eigenvalue weighted by atomic mass is 79.9. The monoisotopic (exact) mass is 339 g/mol. The fourth-order valence-electron chi connectivity index (χ4n) is 2.34. The van der Waals surface area contributed by atoms with Crippen molar-refractivity contribution in [2.45, 2.75) is 32.4 Å². The Kier molecular flexibility index (Phi) is 5.05. The van der Waals surface area contributed by atoms with Crippen LogP contribution in [0.4, 0.5) is 5.69 Å². The first-order valence-corrected chi connectivity index (χ1v) is 7.83. The topological polar surface area (TPSA) is 58.4 Å². The van der Waals surface area contributed by atoms with Crippen LogP contribution in [-0.4, -0.2) is 31.1 Å². The van der Waals surface area contributed by atoms with E-state index in [1.54, 1.807) is 0 Å². The summed E-state index contributed by atoms with van der Waals surface area (Å²) in [5.41, 5.74) is 6.97. The van der Waals surface area contributed by atoms with Crippen molar-refractivity contribution in [1.29, 1.82) is 0 Å². The molecule has 20 heavy (non-hydrogen) atoms. The lowest BCUT2D eigenvalue weighted by atomic mass is 10.0. The van der Waals surface area contributed by atoms with Crippen LogP contribution in [0.15, 0.2) is 28.7 Å². The molecule has 0 saturated carbocycles. The molecule has 1 aromatic rings. The summed E-state index contributed by atoms with van der Waals surface area (Å²) >= 11 is 3.44. The van der Waals surface area contributed by atoms with E-state index in [1.165, 1.54) is 5.69 Å². The molecule has 1 aliphatic heterocycles. The Balaban J connectivity index is 1.89. The highest BCUT2D eigenvalue weighted by Gasteiger charge is 2.26. The number of benzene rings is 1. The standard InChI is InChI=1S/C15H22BrN3O/c1-10(11(2)17)15(20)18-13-7-8-19(9-13)14-5-3-12(16)4-6-14/h3-6,10-11,13H,7-9,17H2,1-2H3,(H,18,20). The summed E-state index contributed by atoms with van der Waals surface area (Å²) in [4.78, 5) is 14.3. The van der Waals surface area contributed by atoms with Gasteiger partial charge < -0.3 is 16.0 Å². The second-order valence-electron chi connectivity index (χ2n) is 5.56. The molecule has 1 heterocycles. The van der Waals surface area contributed by atoms with E-state index < -0.39 is 0 Å². The largest absolute Gasteiger partial charge is 0.369 e. The Morgan fingerprint density at radius 3 is 2.65 bits per heavy atom. The number of carbonyl (C=O) groups excluding carboxylic acids is 1. The number of hydrogen-bond acceptors (Lipinski definition) is 3. The van der Waals surface area contributed by atoms with Gasteiger partial charge in [0.2, 0.25) is 5.91 Å². The number of amides is 1. The van der Waals surface area contributed by atoms with Crippen molar-refractivity contribution in [3.8, 4) is 0 Å². The molecule has 0 aromatic heterocycles. The zero-order valence-electron chi connectivity index (χ0n) is 12.0. The Morgan fingerprint density at radius 2 is 2.05 bits per heavy atom. The number of rotatable bonds is 4. The van der Waals surface area contributed by atoms with Crippen molar-refractivity contribution < 1.29 is 4.79 Å². The minimum Gasteiger partial charge on any atom is -0.369 e. The van der Waals surface area contributed by atoms with E-state index in [9.17, 15) is 4.79 Å². The molecule has 1 aromatic carbocycles. The third kappa shape index (κ3) is 3.73. The molecule has 5 heteroatoms. The predicted octanol–water partition coefficient (Wildman–Crippen LogP) is 2.13. The van der Waals surface area contributed by atoms with E-state index in [-0.39, 0.29) is 23.9 Å². The highest BCUT2D eigenvalue weighted by molar-refractivity contribution is 9.10. The van der Waals surface area contributed by atoms with E-state index >= 15 is 0 Å². The molecule has 1 fully saturated rings. The zero-order chi connectivity index (χ0) is 14.7. The van der Waals surface area contributed by atoms with Crippen molar-refractivity contribution >= 4 is 27.5 Å². The van der Waals surface area contributed by atoms with E-state index in [2.05, 4.69) is 38.3 Å². The Bertz CT molecular complexity index is 461. The van der Waals surface area contributed by atoms with E-state index in [0.29, 0.717) is 0 Å². The SMILES string of the molecule is CC(N)C(C)C(=O)NC1CCN(c2ccc(Br)cc2)C1. The molecule has 3 N–H and O–H groups in total. The predicted molar refractivity (Wildman–Crippen MR) is 85.7 cm³/mol. The molecular weight excluding hydrogens is 318 g/mol. The maximum Gasteiger partial charge on any atom is 0.224 e. The van der Waals surface area contributed by atoms with Crippen LogP contribution in [0.3, 0.4) is 0 Å². The Morgan fingerprint density at radius 1 is 1.40 bits per heavy atom. The second kappa shape index (κ2) is 6.59. The third-order valence-electron chi connectivity index (χ3n) is 3.93. The van der Waals surface area contributed by atoms with Gasteiger partial charge in [0.05, 0.1) is 0 Å². The van der Waals surface area contributed by atoms with Gasteiger partial charge in [0.1, 0.15) is 0 Å². The summed E-state index contributed by atoms with van der Waals surface area (Å²) in [5, 5.41) is 3.10. The smallest absolute Gasteiger partial charge is 0.224 e. The Hall–Kier alpha value is -1.07. The number of hydrogen-bond donors (Lipinski definition) is 2. The third-order valence-corrected chi connectivity index (χ3v) is 4.46. The number of anilines is 1. The van der Waals surface area contributed by atoms with Crippen LogP contribution in [0.25, 0.3) is 0 Å². The fourth-order valence-corrected chi connectivity index (χ4v) is 2.60. The minimum atomic E-state index is -0.142. The van der Waals surface area contributed by atoms with Gasteiger partial charge in [-0.3, -0.25) is 4.79 Å². The average Bonchev–Trinajstić information content (AvgIpc) is 2.87. The molecule has 3 atom stereocenters. The summed E-state index contributed by atoms with van der Waals surface area (Å²) in [6.07, 6.45) is 0.980. The molecule has 1 saturated heterocycles. The summed E-state index contributed by atoms with van der Waals surface area (Å²) in [6, 6.07) is 8.38. The summed E-state index contributed by atoms with van der Waals surface area (Å²) in [6.45, 7) is 5.58. The first-order valence-electron chi connectivity index (χ1n) is 7.04. The number of nitrogens with two attached hydrogens (primary N) is 1.